The lowest BCUT2D eigenvalue weighted by atomic mass is 9.78. The molecule has 2 aliphatic rings. The molecule has 3 heteroatoms. The summed E-state index contributed by atoms with van der Waals surface area (Å²) in [7, 11) is 0. The van der Waals surface area contributed by atoms with Gasteiger partial charge in [0.2, 0.25) is 0 Å². The van der Waals surface area contributed by atoms with Crippen molar-refractivity contribution in [2.24, 2.45) is 5.92 Å². The van der Waals surface area contributed by atoms with Crippen LogP contribution in [0.5, 0.6) is 0 Å². The summed E-state index contributed by atoms with van der Waals surface area (Å²) in [5.41, 5.74) is 0. The van der Waals surface area contributed by atoms with Gasteiger partial charge in [-0.2, -0.15) is 0 Å². The van der Waals surface area contributed by atoms with Crippen LogP contribution < -0.4 is 5.32 Å². The lowest BCUT2D eigenvalue weighted by molar-refractivity contribution is 0.0555. The van der Waals surface area contributed by atoms with E-state index in [-0.39, 0.29) is 0 Å². The smallest absolute Gasteiger partial charge is 0.0331 e. The highest BCUT2D eigenvalue weighted by molar-refractivity contribution is 7.11. The van der Waals surface area contributed by atoms with Gasteiger partial charge in [-0.15, -0.1) is 11.3 Å². The molecule has 1 saturated carbocycles. The molecule has 2 heterocycles. The highest BCUT2D eigenvalue weighted by atomic mass is 32.1. The maximum atomic E-state index is 3.42. The Kier molecular flexibility index (Phi) is 5.14. The molecule has 1 N–H and O–H groups in total. The van der Waals surface area contributed by atoms with Crippen molar-refractivity contribution in [3.63, 3.8) is 0 Å². The molecule has 0 radical (unpaired) electrons. The Morgan fingerprint density at radius 2 is 1.95 bits per heavy atom. The van der Waals surface area contributed by atoms with Crippen LogP contribution in [0.2, 0.25) is 0 Å². The van der Waals surface area contributed by atoms with E-state index in [9.17, 15) is 0 Å². The molecule has 1 aliphatic carbocycles. The molecule has 0 bridgehead atoms. The molecule has 2 atom stereocenters. The first-order chi connectivity index (χ1) is 9.86. The second-order valence-corrected chi connectivity index (χ2v) is 7.63. The molecular weight excluding hydrogens is 264 g/mol. The van der Waals surface area contributed by atoms with Gasteiger partial charge in [0.15, 0.2) is 0 Å². The molecule has 0 aromatic carbocycles. The van der Waals surface area contributed by atoms with Gasteiger partial charge in [0, 0.05) is 28.9 Å². The van der Waals surface area contributed by atoms with E-state index in [1.165, 1.54) is 56.5 Å². The molecule has 2 nitrogen and oxygen atoms in total. The molecule has 0 spiro atoms. The third-order valence-electron chi connectivity index (χ3n) is 4.98. The first-order valence-electron chi connectivity index (χ1n) is 8.39. The van der Waals surface area contributed by atoms with Gasteiger partial charge in [0.25, 0.3) is 0 Å². The van der Waals surface area contributed by atoms with Crippen LogP contribution in [0, 0.1) is 5.92 Å². The number of thiophene rings is 1. The number of hydrogen-bond donors (Lipinski definition) is 1. The lowest BCUT2D eigenvalue weighted by Crippen LogP contribution is -2.46. The molecule has 1 aliphatic heterocycles. The van der Waals surface area contributed by atoms with E-state index in [0.29, 0.717) is 0 Å². The number of fused-ring (bicyclic) bond motifs is 1. The number of nitrogens with one attached hydrogen (secondary N) is 1. The number of rotatable bonds is 5. The van der Waals surface area contributed by atoms with Crippen molar-refractivity contribution in [1.29, 1.82) is 0 Å². The third-order valence-corrected chi connectivity index (χ3v) is 6.05. The monoisotopic (exact) mass is 292 g/mol. The van der Waals surface area contributed by atoms with Crippen molar-refractivity contribution in [2.45, 2.75) is 64.6 Å². The van der Waals surface area contributed by atoms with Crippen LogP contribution in [0.1, 0.15) is 55.2 Å². The van der Waals surface area contributed by atoms with Crippen LogP contribution in [0.4, 0.5) is 0 Å². The quantitative estimate of drug-likeness (QED) is 0.882. The van der Waals surface area contributed by atoms with Crippen molar-refractivity contribution in [3.05, 3.63) is 21.9 Å². The highest BCUT2D eigenvalue weighted by Crippen LogP contribution is 2.36. The predicted octanol–water partition coefficient (Wildman–Crippen LogP) is 4.01. The Balaban J connectivity index is 1.59. The van der Waals surface area contributed by atoms with Gasteiger partial charge in [-0.25, -0.2) is 0 Å². The molecule has 1 saturated heterocycles. The zero-order chi connectivity index (χ0) is 13.8. The van der Waals surface area contributed by atoms with Gasteiger partial charge >= 0.3 is 0 Å². The summed E-state index contributed by atoms with van der Waals surface area (Å²) in [5, 5.41) is 3.42. The SMILES string of the molecule is CCNCc1ccc(CN2CCC[C@H]3CCCC[C@H]32)s1. The second-order valence-electron chi connectivity index (χ2n) is 6.37. The normalized spacial score (nSPS) is 27.4. The summed E-state index contributed by atoms with van der Waals surface area (Å²) >= 11 is 2.00. The van der Waals surface area contributed by atoms with Gasteiger partial charge in [-0.05, 0) is 56.8 Å². The minimum absolute atomic E-state index is 0.886. The van der Waals surface area contributed by atoms with Crippen molar-refractivity contribution in [2.75, 3.05) is 13.1 Å². The lowest BCUT2D eigenvalue weighted by Gasteiger charge is -2.44. The van der Waals surface area contributed by atoms with Crippen LogP contribution >= 0.6 is 11.3 Å². The van der Waals surface area contributed by atoms with E-state index in [4.69, 9.17) is 0 Å². The van der Waals surface area contributed by atoms with Crippen LogP contribution in [0.25, 0.3) is 0 Å². The molecule has 0 unspecified atom stereocenters. The molecule has 1 aromatic heterocycles. The first kappa shape index (κ1) is 14.6. The van der Waals surface area contributed by atoms with Crippen LogP contribution in [0.3, 0.4) is 0 Å². The van der Waals surface area contributed by atoms with E-state index in [0.717, 1.165) is 25.0 Å². The number of likely N-dealkylation sites (tertiary alicyclic amines) is 1. The van der Waals surface area contributed by atoms with Gasteiger partial charge in [0.05, 0.1) is 0 Å². The van der Waals surface area contributed by atoms with Gasteiger partial charge in [0.1, 0.15) is 0 Å². The van der Waals surface area contributed by atoms with Crippen LogP contribution in [0.15, 0.2) is 12.1 Å². The largest absolute Gasteiger partial charge is 0.312 e. The summed E-state index contributed by atoms with van der Waals surface area (Å²) in [6, 6.07) is 5.55. The standard InChI is InChI=1S/C17H28N2S/c1-2-18-12-15-9-10-16(20-15)13-19-11-5-7-14-6-3-4-8-17(14)19/h9-10,14,17-18H,2-8,11-13H2,1H3/t14-,17-/m1/s1. The Labute approximate surface area is 127 Å². The summed E-state index contributed by atoms with van der Waals surface area (Å²) in [5.74, 6) is 0.999. The fraction of sp³-hybridized carbons (Fsp3) is 0.765. The van der Waals surface area contributed by atoms with Crippen LogP contribution in [-0.4, -0.2) is 24.0 Å². The van der Waals surface area contributed by atoms with E-state index >= 15 is 0 Å². The zero-order valence-corrected chi connectivity index (χ0v) is 13.6. The molecule has 1 aromatic rings. The van der Waals surface area contributed by atoms with Crippen molar-refractivity contribution in [3.8, 4) is 0 Å². The minimum Gasteiger partial charge on any atom is -0.312 e. The van der Waals surface area contributed by atoms with Gasteiger partial charge in [-0.1, -0.05) is 19.8 Å². The molecular formula is C17H28N2S. The van der Waals surface area contributed by atoms with Crippen LogP contribution in [-0.2, 0) is 13.1 Å². The Bertz CT molecular complexity index is 413. The number of nitrogens with zero attached hydrogens (tertiary/aromatic N) is 1. The fourth-order valence-electron chi connectivity index (χ4n) is 3.97. The molecule has 3 rings (SSSR count). The van der Waals surface area contributed by atoms with E-state index < -0.39 is 0 Å². The highest BCUT2D eigenvalue weighted by Gasteiger charge is 2.33. The van der Waals surface area contributed by atoms with E-state index in [2.05, 4.69) is 29.3 Å². The Hall–Kier alpha value is -0.380. The summed E-state index contributed by atoms with van der Waals surface area (Å²) < 4.78 is 0. The van der Waals surface area contributed by atoms with Crippen molar-refractivity contribution >= 4 is 11.3 Å². The number of piperidine rings is 1. The summed E-state index contributed by atoms with van der Waals surface area (Å²) in [4.78, 5) is 5.83. The summed E-state index contributed by atoms with van der Waals surface area (Å²) in [6.07, 6.45) is 8.75. The average Bonchev–Trinajstić information content (AvgIpc) is 2.93. The first-order valence-corrected chi connectivity index (χ1v) is 9.21. The van der Waals surface area contributed by atoms with Gasteiger partial charge < -0.3 is 5.32 Å². The molecule has 0 amide bonds. The van der Waals surface area contributed by atoms with E-state index in [1.807, 2.05) is 11.3 Å². The molecule has 112 valence electrons. The van der Waals surface area contributed by atoms with Crippen molar-refractivity contribution < 1.29 is 0 Å². The summed E-state index contributed by atoms with van der Waals surface area (Å²) in [6.45, 7) is 6.78. The van der Waals surface area contributed by atoms with Gasteiger partial charge in [-0.3, -0.25) is 4.90 Å². The Morgan fingerprint density at radius 1 is 1.15 bits per heavy atom. The second kappa shape index (κ2) is 7.06. The maximum Gasteiger partial charge on any atom is 0.0331 e. The zero-order valence-electron chi connectivity index (χ0n) is 12.7. The molecule has 20 heavy (non-hydrogen) atoms. The minimum atomic E-state index is 0.886. The fourth-order valence-corrected chi connectivity index (χ4v) is 4.99. The predicted molar refractivity (Wildman–Crippen MR) is 87.1 cm³/mol. The topological polar surface area (TPSA) is 15.3 Å². The van der Waals surface area contributed by atoms with Crippen molar-refractivity contribution in [1.82, 2.24) is 10.2 Å². The Morgan fingerprint density at radius 3 is 2.85 bits per heavy atom. The average molecular weight is 292 g/mol. The van der Waals surface area contributed by atoms with E-state index in [1.54, 1.807) is 4.88 Å². The molecule has 2 fully saturated rings. The third kappa shape index (κ3) is 3.44. The number of hydrogen-bond acceptors (Lipinski definition) is 3. The maximum absolute atomic E-state index is 3.42.